The van der Waals surface area contributed by atoms with Crippen molar-refractivity contribution in [2.45, 2.75) is 12.8 Å². The van der Waals surface area contributed by atoms with Gasteiger partial charge in [0.2, 0.25) is 0 Å². The summed E-state index contributed by atoms with van der Waals surface area (Å²) in [5.41, 5.74) is 1.32. The minimum Gasteiger partial charge on any atom is -0.386 e. The lowest BCUT2D eigenvalue weighted by molar-refractivity contribution is 0.526. The Hall–Kier alpha value is -3.22. The summed E-state index contributed by atoms with van der Waals surface area (Å²) < 4.78 is 19.4. The van der Waals surface area contributed by atoms with Gasteiger partial charge in [0.15, 0.2) is 5.69 Å². The molecule has 0 unspecified atom stereocenters. The third-order valence-corrected chi connectivity index (χ3v) is 3.32. The average molecular weight is 326 g/mol. The monoisotopic (exact) mass is 326 g/mol. The van der Waals surface area contributed by atoms with E-state index >= 15 is 0 Å². The lowest BCUT2D eigenvalue weighted by Crippen LogP contribution is -1.93. The van der Waals surface area contributed by atoms with Crippen LogP contribution in [0.15, 0.2) is 70.3 Å². The molecule has 0 aliphatic carbocycles. The maximum absolute atomic E-state index is 12.4. The van der Waals surface area contributed by atoms with Crippen LogP contribution in [-0.4, -0.2) is 19.6 Å². The molecule has 3 aromatic heterocycles. The van der Waals surface area contributed by atoms with Crippen LogP contribution in [0.4, 0.5) is 4.39 Å². The molecule has 6 nitrogen and oxygen atoms in total. The Bertz CT molecular complexity index is 978. The van der Waals surface area contributed by atoms with E-state index in [1.807, 2.05) is 34.9 Å². The zero-order chi connectivity index (χ0) is 16.9. The third-order valence-electron chi connectivity index (χ3n) is 3.32. The van der Waals surface area contributed by atoms with E-state index in [-0.39, 0.29) is 5.89 Å². The number of pyridine rings is 1. The fourth-order valence-corrected chi connectivity index (χ4v) is 2.31. The molecule has 3 rings (SSSR count). The molecular weight excluding hydrogens is 311 g/mol. The van der Waals surface area contributed by atoms with Crippen molar-refractivity contribution in [3.8, 4) is 11.6 Å². The summed E-state index contributed by atoms with van der Waals surface area (Å²) in [7, 11) is 0. The van der Waals surface area contributed by atoms with Gasteiger partial charge >= 0.3 is 5.76 Å². The normalized spacial score (nSPS) is 11.9. The van der Waals surface area contributed by atoms with Gasteiger partial charge < -0.3 is 8.82 Å². The molecule has 3 heterocycles. The fourth-order valence-electron chi connectivity index (χ4n) is 2.31. The van der Waals surface area contributed by atoms with E-state index in [0.717, 1.165) is 17.8 Å². The van der Waals surface area contributed by atoms with Crippen LogP contribution in [0, 0.1) is 0 Å². The van der Waals surface area contributed by atoms with Gasteiger partial charge in [0, 0.05) is 12.6 Å². The number of nitrogens with zero attached hydrogens (tertiary/aromatic N) is 3. The number of aromatic nitrogens is 4. The first-order valence-electron chi connectivity index (χ1n) is 7.34. The number of allylic oxidation sites excluding steroid dienone is 5. The summed E-state index contributed by atoms with van der Waals surface area (Å²) in [5.74, 6) is -0.124. The zero-order valence-electron chi connectivity index (χ0n) is 12.8. The Morgan fingerprint density at radius 2 is 2.29 bits per heavy atom. The van der Waals surface area contributed by atoms with Crippen molar-refractivity contribution >= 4 is 5.52 Å². The zero-order valence-corrected chi connectivity index (χ0v) is 12.8. The van der Waals surface area contributed by atoms with Crippen LogP contribution in [0.2, 0.25) is 0 Å². The summed E-state index contributed by atoms with van der Waals surface area (Å²) >= 11 is 0. The molecule has 0 bridgehead atoms. The van der Waals surface area contributed by atoms with Gasteiger partial charge in [0.25, 0.3) is 5.89 Å². The number of aromatic amines is 1. The molecule has 0 atom stereocenters. The molecule has 3 aromatic rings. The van der Waals surface area contributed by atoms with Gasteiger partial charge in [0.1, 0.15) is 11.7 Å². The molecule has 0 radical (unpaired) electrons. The van der Waals surface area contributed by atoms with E-state index in [1.165, 1.54) is 6.08 Å². The molecule has 1 N–H and O–H groups in total. The van der Waals surface area contributed by atoms with Crippen LogP contribution in [0.25, 0.3) is 17.1 Å². The molecule has 0 fully saturated rings. The summed E-state index contributed by atoms with van der Waals surface area (Å²) in [5, 5.41) is 6.08. The van der Waals surface area contributed by atoms with Crippen molar-refractivity contribution in [1.82, 2.24) is 19.6 Å². The van der Waals surface area contributed by atoms with E-state index in [2.05, 4.69) is 21.8 Å². The van der Waals surface area contributed by atoms with Gasteiger partial charge in [-0.15, -0.1) is 5.10 Å². The van der Waals surface area contributed by atoms with Crippen LogP contribution in [0.5, 0.6) is 0 Å². The average Bonchev–Trinajstić information content (AvgIpc) is 3.14. The van der Waals surface area contributed by atoms with E-state index < -0.39 is 11.6 Å². The molecule has 0 spiro atoms. The first-order chi connectivity index (χ1) is 11.6. The first-order valence-corrected chi connectivity index (χ1v) is 7.34. The molecule has 0 aliphatic heterocycles. The second-order valence-corrected chi connectivity index (χ2v) is 5.02. The summed E-state index contributed by atoms with van der Waals surface area (Å²) in [6.07, 6.45) is 9.84. The Balaban J connectivity index is 1.84. The molecule has 0 saturated carbocycles. The summed E-state index contributed by atoms with van der Waals surface area (Å²) in [6.45, 7) is 3.15. The van der Waals surface area contributed by atoms with Crippen LogP contribution in [0.1, 0.15) is 12.2 Å². The number of H-pyrrole nitrogens is 1. The van der Waals surface area contributed by atoms with Gasteiger partial charge in [-0.05, 0) is 24.6 Å². The van der Waals surface area contributed by atoms with E-state index in [9.17, 15) is 9.18 Å². The topological polar surface area (TPSA) is 76.2 Å². The predicted octanol–water partition coefficient (Wildman–Crippen LogP) is 3.21. The fraction of sp³-hybridized carbons (Fsp3) is 0.118. The molecule has 122 valence electrons. The highest BCUT2D eigenvalue weighted by molar-refractivity contribution is 5.72. The predicted molar refractivity (Wildman–Crippen MR) is 88.2 cm³/mol. The SMILES string of the molecule is C=C(F)/C=C\C=C/CCc1nc(-c2n[nH]c(=O)o2)c2ccccn12. The Kier molecular flexibility index (Phi) is 4.51. The lowest BCUT2D eigenvalue weighted by atomic mass is 10.2. The second-order valence-electron chi connectivity index (χ2n) is 5.02. The van der Waals surface area contributed by atoms with Gasteiger partial charge in [-0.25, -0.2) is 19.3 Å². The van der Waals surface area contributed by atoms with Gasteiger partial charge in [-0.2, -0.15) is 0 Å². The Morgan fingerprint density at radius 1 is 1.42 bits per heavy atom. The van der Waals surface area contributed by atoms with Crippen molar-refractivity contribution < 1.29 is 8.81 Å². The van der Waals surface area contributed by atoms with Crippen LogP contribution >= 0.6 is 0 Å². The molecule has 0 amide bonds. The molecule has 0 aliphatic rings. The Labute approximate surface area is 136 Å². The van der Waals surface area contributed by atoms with Crippen molar-refractivity contribution in [2.75, 3.05) is 0 Å². The minimum absolute atomic E-state index is 0.162. The molecule has 0 saturated heterocycles. The largest absolute Gasteiger partial charge is 0.434 e. The standard InChI is InChI=1S/C17H15FN4O2/c1-12(18)8-4-2-3-5-10-14-19-15(16-20-21-17(23)24-16)13-9-6-7-11-22(13)14/h2-4,6-9,11H,1,5,10H2,(H,21,23)/b3-2-,8-4-. The van der Waals surface area contributed by atoms with Crippen molar-refractivity contribution in [3.05, 3.63) is 77.5 Å². The van der Waals surface area contributed by atoms with Gasteiger partial charge in [-0.1, -0.05) is 30.9 Å². The molecule has 24 heavy (non-hydrogen) atoms. The second kappa shape index (κ2) is 6.91. The van der Waals surface area contributed by atoms with Crippen LogP contribution in [0.3, 0.4) is 0 Å². The van der Waals surface area contributed by atoms with Crippen molar-refractivity contribution in [3.63, 3.8) is 0 Å². The van der Waals surface area contributed by atoms with E-state index in [4.69, 9.17) is 4.42 Å². The molecular formula is C17H15FN4O2. The number of nitrogens with one attached hydrogen (secondary N) is 1. The maximum atomic E-state index is 12.4. The maximum Gasteiger partial charge on any atom is 0.434 e. The highest BCUT2D eigenvalue weighted by Crippen LogP contribution is 2.22. The minimum atomic E-state index is -0.618. The number of hydrogen-bond donors (Lipinski definition) is 1. The highest BCUT2D eigenvalue weighted by Gasteiger charge is 2.16. The van der Waals surface area contributed by atoms with Crippen LogP contribution in [-0.2, 0) is 6.42 Å². The number of halogens is 1. The number of rotatable bonds is 6. The third kappa shape index (κ3) is 3.40. The van der Waals surface area contributed by atoms with Gasteiger partial charge in [-0.3, -0.25) is 0 Å². The highest BCUT2D eigenvalue weighted by atomic mass is 19.1. The molecule has 0 aromatic carbocycles. The number of hydrogen-bond acceptors (Lipinski definition) is 4. The summed E-state index contributed by atoms with van der Waals surface area (Å²) in [4.78, 5) is 15.7. The molecule has 7 heteroatoms. The van der Waals surface area contributed by atoms with Gasteiger partial charge in [0.05, 0.1) is 5.52 Å². The van der Waals surface area contributed by atoms with Crippen LogP contribution < -0.4 is 5.76 Å². The van der Waals surface area contributed by atoms with Crippen molar-refractivity contribution in [1.29, 1.82) is 0 Å². The summed E-state index contributed by atoms with van der Waals surface area (Å²) in [6, 6.07) is 5.66. The lowest BCUT2D eigenvalue weighted by Gasteiger charge is -1.98. The van der Waals surface area contributed by atoms with E-state index in [0.29, 0.717) is 12.1 Å². The first kappa shape index (κ1) is 15.7. The number of aryl methyl sites for hydroxylation is 1. The van der Waals surface area contributed by atoms with E-state index in [1.54, 1.807) is 12.2 Å². The van der Waals surface area contributed by atoms with Crippen molar-refractivity contribution in [2.24, 2.45) is 0 Å². The number of fused-ring (bicyclic) bond motifs is 1. The smallest absolute Gasteiger partial charge is 0.386 e. The number of imidazole rings is 1. The quantitative estimate of drug-likeness (QED) is 0.706. The Morgan fingerprint density at radius 3 is 3.04 bits per heavy atom.